The van der Waals surface area contributed by atoms with Gasteiger partial charge in [0.2, 0.25) is 21.8 Å². The number of carbonyl (C=O) groups is 2. The Morgan fingerprint density at radius 3 is 2.33 bits per heavy atom. The maximum Gasteiger partial charge on any atom is 0.244 e. The fraction of sp³-hybridized carbons (Fsp3) is 0.375. The number of halogens is 2. The minimum Gasteiger partial charge on any atom is -0.495 e. The first-order valence-electron chi connectivity index (χ1n) is 14.2. The average molecular weight is 691 g/mol. The summed E-state index contributed by atoms with van der Waals surface area (Å²) in [6.45, 7) is -0.410. The van der Waals surface area contributed by atoms with Gasteiger partial charge in [0.05, 0.1) is 24.1 Å². The molecule has 4 rings (SSSR count). The molecule has 1 aliphatic carbocycles. The van der Waals surface area contributed by atoms with Crippen LogP contribution >= 0.6 is 27.5 Å². The molecule has 0 saturated heterocycles. The molecule has 1 fully saturated rings. The molecule has 1 atom stereocenters. The van der Waals surface area contributed by atoms with E-state index in [1.165, 1.54) is 24.1 Å². The molecule has 43 heavy (non-hydrogen) atoms. The monoisotopic (exact) mass is 689 g/mol. The summed E-state index contributed by atoms with van der Waals surface area (Å²) in [7, 11) is -2.45. The number of nitrogens with one attached hydrogen (secondary N) is 1. The molecule has 1 unspecified atom stereocenters. The summed E-state index contributed by atoms with van der Waals surface area (Å²) in [5.41, 5.74) is 1.90. The van der Waals surface area contributed by atoms with Crippen molar-refractivity contribution in [3.8, 4) is 5.75 Å². The van der Waals surface area contributed by atoms with Crippen LogP contribution in [0.2, 0.25) is 5.02 Å². The Kier molecular flexibility index (Phi) is 11.5. The van der Waals surface area contributed by atoms with Crippen LogP contribution in [0.4, 0.5) is 5.69 Å². The van der Waals surface area contributed by atoms with Gasteiger partial charge in [-0.05, 0) is 54.3 Å². The third kappa shape index (κ3) is 9.20. The number of nitrogens with zero attached hydrogens (tertiary/aromatic N) is 2. The number of carbonyl (C=O) groups excluding carboxylic acids is 2. The predicted molar refractivity (Wildman–Crippen MR) is 174 cm³/mol. The van der Waals surface area contributed by atoms with E-state index in [0.29, 0.717) is 5.75 Å². The van der Waals surface area contributed by atoms with E-state index in [0.717, 1.165) is 58.3 Å². The lowest BCUT2D eigenvalue weighted by Crippen LogP contribution is -2.55. The minimum absolute atomic E-state index is 0.0382. The van der Waals surface area contributed by atoms with Crippen LogP contribution in [0.15, 0.2) is 77.3 Å². The van der Waals surface area contributed by atoms with E-state index in [2.05, 4.69) is 21.2 Å². The van der Waals surface area contributed by atoms with Gasteiger partial charge in [-0.2, -0.15) is 0 Å². The van der Waals surface area contributed by atoms with Crippen LogP contribution in [0, 0.1) is 0 Å². The van der Waals surface area contributed by atoms with Crippen molar-refractivity contribution in [2.45, 2.75) is 57.2 Å². The number of amides is 2. The highest BCUT2D eigenvalue weighted by Gasteiger charge is 2.34. The van der Waals surface area contributed by atoms with E-state index in [4.69, 9.17) is 16.3 Å². The first-order chi connectivity index (χ1) is 20.5. The fourth-order valence-corrected chi connectivity index (χ4v) is 6.89. The van der Waals surface area contributed by atoms with E-state index in [-0.39, 0.29) is 35.6 Å². The molecule has 2 amide bonds. The lowest BCUT2D eigenvalue weighted by Gasteiger charge is -2.35. The summed E-state index contributed by atoms with van der Waals surface area (Å²) >= 11 is 9.82. The van der Waals surface area contributed by atoms with Crippen LogP contribution < -0.4 is 14.4 Å². The van der Waals surface area contributed by atoms with Gasteiger partial charge in [-0.15, -0.1) is 0 Å². The summed E-state index contributed by atoms with van der Waals surface area (Å²) in [6.07, 6.45) is 6.32. The van der Waals surface area contributed by atoms with E-state index < -0.39 is 28.5 Å². The molecule has 1 aliphatic rings. The van der Waals surface area contributed by atoms with Crippen molar-refractivity contribution in [2.24, 2.45) is 0 Å². The first kappa shape index (κ1) is 32.8. The van der Waals surface area contributed by atoms with Crippen molar-refractivity contribution < 1.29 is 22.7 Å². The van der Waals surface area contributed by atoms with Gasteiger partial charge in [0.15, 0.2) is 0 Å². The van der Waals surface area contributed by atoms with E-state index >= 15 is 0 Å². The van der Waals surface area contributed by atoms with Crippen LogP contribution in [0.25, 0.3) is 0 Å². The standard InChI is InChI=1S/C32H37BrClN3O5S/c1-42-30-17-16-27(20-28(30)34)37(43(2,40)41)22-31(38)36(21-24-12-9-13-25(33)18-24)29(19-23-10-5-3-6-11-23)32(39)35-26-14-7-4-8-15-26/h3,5-6,9-13,16-18,20,26,29H,4,7-8,14-15,19,21-22H2,1-2H3,(H,35,39). The summed E-state index contributed by atoms with van der Waals surface area (Å²) in [6, 6.07) is 20.7. The quantitative estimate of drug-likeness (QED) is 0.253. The Bertz CT molecular complexity index is 1520. The van der Waals surface area contributed by atoms with Crippen LogP contribution in [0.3, 0.4) is 0 Å². The number of methoxy groups -OCH3 is 1. The second-order valence-corrected chi connectivity index (χ2v) is 14.0. The second kappa shape index (κ2) is 15.1. The summed E-state index contributed by atoms with van der Waals surface area (Å²) < 4.78 is 33.1. The maximum absolute atomic E-state index is 14.3. The molecule has 0 spiro atoms. The van der Waals surface area contributed by atoms with Crippen LogP contribution in [-0.4, -0.2) is 57.1 Å². The number of hydrogen-bond acceptors (Lipinski definition) is 5. The molecule has 0 aromatic heterocycles. The molecule has 3 aromatic carbocycles. The number of benzene rings is 3. The Labute approximate surface area is 267 Å². The van der Waals surface area contributed by atoms with Gasteiger partial charge in [0.25, 0.3) is 0 Å². The summed E-state index contributed by atoms with van der Waals surface area (Å²) in [5.74, 6) is -0.390. The van der Waals surface area contributed by atoms with Crippen molar-refractivity contribution >= 4 is 55.1 Å². The molecule has 0 bridgehead atoms. The normalized spacial score (nSPS) is 14.5. The maximum atomic E-state index is 14.3. The van der Waals surface area contributed by atoms with Gasteiger partial charge in [-0.25, -0.2) is 8.42 Å². The molecular formula is C32H37BrClN3O5S. The van der Waals surface area contributed by atoms with E-state index in [1.54, 1.807) is 6.07 Å². The zero-order valence-corrected chi connectivity index (χ0v) is 27.5. The van der Waals surface area contributed by atoms with E-state index in [9.17, 15) is 18.0 Å². The predicted octanol–water partition coefficient (Wildman–Crippen LogP) is 5.97. The molecular weight excluding hydrogens is 654 g/mol. The van der Waals surface area contributed by atoms with Gasteiger partial charge in [-0.1, -0.05) is 89.3 Å². The highest BCUT2D eigenvalue weighted by molar-refractivity contribution is 9.10. The highest BCUT2D eigenvalue weighted by atomic mass is 79.9. The Morgan fingerprint density at radius 2 is 1.70 bits per heavy atom. The van der Waals surface area contributed by atoms with Crippen LogP contribution in [0.5, 0.6) is 5.75 Å². The Morgan fingerprint density at radius 1 is 1.00 bits per heavy atom. The van der Waals surface area contributed by atoms with Gasteiger partial charge < -0.3 is 15.0 Å². The van der Waals surface area contributed by atoms with Crippen molar-refractivity contribution in [3.05, 3.63) is 93.4 Å². The van der Waals surface area contributed by atoms with Gasteiger partial charge in [0.1, 0.15) is 18.3 Å². The number of hydrogen-bond donors (Lipinski definition) is 1. The third-order valence-corrected chi connectivity index (χ3v) is 9.50. The number of anilines is 1. The average Bonchev–Trinajstić information content (AvgIpc) is 2.98. The summed E-state index contributed by atoms with van der Waals surface area (Å²) in [5, 5.41) is 3.41. The number of sulfonamides is 1. The third-order valence-electron chi connectivity index (χ3n) is 7.57. The Hall–Kier alpha value is -3.08. The molecule has 3 aromatic rings. The highest BCUT2D eigenvalue weighted by Crippen LogP contribution is 2.30. The number of ether oxygens (including phenoxy) is 1. The van der Waals surface area contributed by atoms with Gasteiger partial charge in [-0.3, -0.25) is 13.9 Å². The van der Waals surface area contributed by atoms with Crippen molar-refractivity contribution in [1.82, 2.24) is 10.2 Å². The molecule has 11 heteroatoms. The topological polar surface area (TPSA) is 96.0 Å². The molecule has 1 saturated carbocycles. The zero-order valence-electron chi connectivity index (χ0n) is 24.3. The smallest absolute Gasteiger partial charge is 0.244 e. The first-order valence-corrected chi connectivity index (χ1v) is 17.3. The Balaban J connectivity index is 1.73. The van der Waals surface area contributed by atoms with Crippen molar-refractivity contribution in [3.63, 3.8) is 0 Å². The lowest BCUT2D eigenvalue weighted by molar-refractivity contribution is -0.140. The molecule has 0 radical (unpaired) electrons. The van der Waals surface area contributed by atoms with Gasteiger partial charge >= 0.3 is 0 Å². The lowest BCUT2D eigenvalue weighted by atomic mass is 9.94. The molecule has 1 N–H and O–H groups in total. The summed E-state index contributed by atoms with van der Waals surface area (Å²) in [4.78, 5) is 29.8. The second-order valence-electron chi connectivity index (χ2n) is 10.8. The van der Waals surface area contributed by atoms with Crippen LogP contribution in [0.1, 0.15) is 43.2 Å². The van der Waals surface area contributed by atoms with Crippen molar-refractivity contribution in [2.75, 3.05) is 24.2 Å². The molecule has 8 nitrogen and oxygen atoms in total. The van der Waals surface area contributed by atoms with Crippen molar-refractivity contribution in [1.29, 1.82) is 0 Å². The molecule has 0 aliphatic heterocycles. The van der Waals surface area contributed by atoms with E-state index in [1.807, 2.05) is 54.6 Å². The molecule has 0 heterocycles. The fourth-order valence-electron chi connectivity index (χ4n) is 5.35. The number of rotatable bonds is 12. The molecule has 230 valence electrons. The SMILES string of the molecule is COc1ccc(N(CC(=O)N(Cc2cccc(Br)c2)C(Cc2ccccc2)C(=O)NC2CCCCC2)S(C)(=O)=O)cc1Cl. The van der Waals surface area contributed by atoms with Gasteiger partial charge in [0, 0.05) is 23.5 Å². The zero-order chi connectivity index (χ0) is 31.0. The van der Waals surface area contributed by atoms with Crippen LogP contribution in [-0.2, 0) is 32.6 Å². The minimum atomic E-state index is -3.91. The largest absolute Gasteiger partial charge is 0.495 e.